The van der Waals surface area contributed by atoms with E-state index in [0.29, 0.717) is 0 Å². The maximum absolute atomic E-state index is 12.2. The van der Waals surface area contributed by atoms with Crippen molar-refractivity contribution in [2.24, 2.45) is 0 Å². The molecule has 0 spiro atoms. The van der Waals surface area contributed by atoms with Crippen molar-refractivity contribution in [3.8, 4) is 5.75 Å². The van der Waals surface area contributed by atoms with Gasteiger partial charge in [-0.1, -0.05) is 0 Å². The molecule has 1 aliphatic heterocycles. The second kappa shape index (κ2) is 8.43. The number of benzene rings is 1. The first-order valence-electron chi connectivity index (χ1n) is 10.1. The summed E-state index contributed by atoms with van der Waals surface area (Å²) in [6, 6.07) is 6.17. The number of fused-ring (bicyclic) bond motifs is 1. The number of aromatic nitrogens is 1. The summed E-state index contributed by atoms with van der Waals surface area (Å²) in [4.78, 5) is 20.0. The highest BCUT2D eigenvalue weighted by molar-refractivity contribution is 5.85. The summed E-state index contributed by atoms with van der Waals surface area (Å²) >= 11 is 0. The zero-order chi connectivity index (χ0) is 20.3. The standard InChI is InChI=1S/C22H33N3O3/c1-16-18-15-17(27-5)8-9-20(18)23-19(16)7-6-10-24-11-13-25(14-12-24)21(26)28-22(2,3)4/h8-9,15,23H,6-7,10-14H2,1-5H3. The molecule has 0 unspecified atom stereocenters. The van der Waals surface area contributed by atoms with E-state index in [-0.39, 0.29) is 6.09 Å². The number of nitrogens with one attached hydrogen (secondary N) is 1. The summed E-state index contributed by atoms with van der Waals surface area (Å²) in [5.41, 5.74) is 3.34. The van der Waals surface area contributed by atoms with Gasteiger partial charge in [0.05, 0.1) is 7.11 Å². The van der Waals surface area contributed by atoms with E-state index in [1.807, 2.05) is 31.7 Å². The molecule has 0 aliphatic carbocycles. The molecule has 3 rings (SSSR count). The normalized spacial score (nSPS) is 15.8. The molecule has 0 bridgehead atoms. The predicted molar refractivity (Wildman–Crippen MR) is 112 cm³/mol. The van der Waals surface area contributed by atoms with Crippen molar-refractivity contribution in [2.45, 2.75) is 46.1 Å². The lowest BCUT2D eigenvalue weighted by Crippen LogP contribution is -2.50. The van der Waals surface area contributed by atoms with Crippen molar-refractivity contribution in [3.05, 3.63) is 29.5 Å². The lowest BCUT2D eigenvalue weighted by molar-refractivity contribution is 0.0144. The van der Waals surface area contributed by atoms with Crippen molar-refractivity contribution >= 4 is 17.0 Å². The van der Waals surface area contributed by atoms with Crippen molar-refractivity contribution < 1.29 is 14.3 Å². The Morgan fingerprint density at radius 1 is 1.18 bits per heavy atom. The molecular formula is C22H33N3O3. The third-order valence-electron chi connectivity index (χ3n) is 5.29. The minimum absolute atomic E-state index is 0.198. The van der Waals surface area contributed by atoms with Crippen molar-refractivity contribution in [1.82, 2.24) is 14.8 Å². The van der Waals surface area contributed by atoms with Gasteiger partial charge in [0.15, 0.2) is 0 Å². The van der Waals surface area contributed by atoms with Gasteiger partial charge in [-0.05, 0) is 70.8 Å². The van der Waals surface area contributed by atoms with Crippen LogP contribution in [0.2, 0.25) is 0 Å². The lowest BCUT2D eigenvalue weighted by atomic mass is 10.1. The third kappa shape index (κ3) is 4.98. The smallest absolute Gasteiger partial charge is 0.410 e. The average Bonchev–Trinajstić information content (AvgIpc) is 2.96. The number of rotatable bonds is 5. The number of ether oxygens (including phenoxy) is 2. The van der Waals surface area contributed by atoms with Gasteiger partial charge in [0.25, 0.3) is 0 Å². The Morgan fingerprint density at radius 2 is 1.89 bits per heavy atom. The van der Waals surface area contributed by atoms with E-state index in [9.17, 15) is 4.79 Å². The molecule has 1 aliphatic rings. The lowest BCUT2D eigenvalue weighted by Gasteiger charge is -2.35. The molecule has 0 saturated carbocycles. The van der Waals surface area contributed by atoms with Crippen LogP contribution in [0.15, 0.2) is 18.2 Å². The summed E-state index contributed by atoms with van der Waals surface area (Å²) in [6.45, 7) is 12.2. The highest BCUT2D eigenvalue weighted by Gasteiger charge is 2.25. The number of carbonyl (C=O) groups is 1. The van der Waals surface area contributed by atoms with Crippen LogP contribution in [0.1, 0.15) is 38.4 Å². The zero-order valence-electron chi connectivity index (χ0n) is 17.8. The molecule has 1 amide bonds. The van der Waals surface area contributed by atoms with E-state index in [4.69, 9.17) is 9.47 Å². The summed E-state index contributed by atoms with van der Waals surface area (Å²) in [6.07, 6.45) is 1.92. The Balaban J connectivity index is 1.47. The Morgan fingerprint density at radius 3 is 2.54 bits per heavy atom. The largest absolute Gasteiger partial charge is 0.497 e. The number of H-pyrrole nitrogens is 1. The molecule has 154 valence electrons. The highest BCUT2D eigenvalue weighted by Crippen LogP contribution is 2.26. The van der Waals surface area contributed by atoms with Crippen LogP contribution in [0.25, 0.3) is 10.9 Å². The first kappa shape index (κ1) is 20.5. The van der Waals surface area contributed by atoms with Gasteiger partial charge in [-0.15, -0.1) is 0 Å². The fraction of sp³-hybridized carbons (Fsp3) is 0.591. The third-order valence-corrected chi connectivity index (χ3v) is 5.29. The molecule has 1 aromatic carbocycles. The van der Waals surface area contributed by atoms with Gasteiger partial charge in [-0.2, -0.15) is 0 Å². The quantitative estimate of drug-likeness (QED) is 0.843. The van der Waals surface area contributed by atoms with E-state index >= 15 is 0 Å². The fourth-order valence-electron chi connectivity index (χ4n) is 3.70. The summed E-state index contributed by atoms with van der Waals surface area (Å²) in [5, 5.41) is 1.24. The van der Waals surface area contributed by atoms with Crippen LogP contribution in [-0.4, -0.2) is 66.3 Å². The maximum Gasteiger partial charge on any atom is 0.410 e. The van der Waals surface area contributed by atoms with Gasteiger partial charge < -0.3 is 19.4 Å². The molecule has 1 fully saturated rings. The number of aromatic amines is 1. The van der Waals surface area contributed by atoms with Crippen LogP contribution < -0.4 is 4.74 Å². The number of aryl methyl sites for hydroxylation is 2. The SMILES string of the molecule is COc1ccc2[nH]c(CCCN3CCN(C(=O)OC(C)(C)C)CC3)c(C)c2c1. The Kier molecular flexibility index (Phi) is 6.18. The van der Waals surface area contributed by atoms with E-state index in [0.717, 1.165) is 51.3 Å². The predicted octanol–water partition coefficient (Wildman–Crippen LogP) is 3.97. The minimum atomic E-state index is -0.435. The van der Waals surface area contributed by atoms with Gasteiger partial charge in [-0.25, -0.2) is 4.79 Å². The van der Waals surface area contributed by atoms with Gasteiger partial charge in [0, 0.05) is 42.8 Å². The number of amides is 1. The molecule has 28 heavy (non-hydrogen) atoms. The van der Waals surface area contributed by atoms with Crippen LogP contribution in [0.4, 0.5) is 4.79 Å². The average molecular weight is 388 g/mol. The van der Waals surface area contributed by atoms with Crippen molar-refractivity contribution in [1.29, 1.82) is 0 Å². The van der Waals surface area contributed by atoms with E-state index in [1.165, 1.54) is 22.2 Å². The van der Waals surface area contributed by atoms with Gasteiger partial charge in [0.1, 0.15) is 11.4 Å². The number of hydrogen-bond donors (Lipinski definition) is 1. The molecular weight excluding hydrogens is 354 g/mol. The summed E-state index contributed by atoms with van der Waals surface area (Å²) in [7, 11) is 1.70. The van der Waals surface area contributed by atoms with Crippen LogP contribution >= 0.6 is 0 Å². The Labute approximate surface area is 167 Å². The minimum Gasteiger partial charge on any atom is -0.497 e. The van der Waals surface area contributed by atoms with Crippen molar-refractivity contribution in [2.75, 3.05) is 39.8 Å². The van der Waals surface area contributed by atoms with Gasteiger partial charge in [-0.3, -0.25) is 4.90 Å². The first-order chi connectivity index (χ1) is 13.3. The molecule has 1 saturated heterocycles. The van der Waals surface area contributed by atoms with E-state index < -0.39 is 5.60 Å². The molecule has 1 N–H and O–H groups in total. The van der Waals surface area contributed by atoms with Gasteiger partial charge in [0.2, 0.25) is 0 Å². The van der Waals surface area contributed by atoms with Gasteiger partial charge >= 0.3 is 6.09 Å². The molecule has 6 nitrogen and oxygen atoms in total. The second-order valence-electron chi connectivity index (χ2n) is 8.55. The van der Waals surface area contributed by atoms with Crippen molar-refractivity contribution in [3.63, 3.8) is 0 Å². The first-order valence-corrected chi connectivity index (χ1v) is 10.1. The number of nitrogens with zero attached hydrogens (tertiary/aromatic N) is 2. The number of piperazine rings is 1. The van der Waals surface area contributed by atoms with Crippen LogP contribution in [-0.2, 0) is 11.2 Å². The van der Waals surface area contributed by atoms with E-state index in [1.54, 1.807) is 7.11 Å². The molecule has 0 radical (unpaired) electrons. The Bertz CT molecular complexity index is 814. The molecule has 1 aromatic heterocycles. The Hall–Kier alpha value is -2.21. The van der Waals surface area contributed by atoms with Crippen LogP contribution in [0, 0.1) is 6.92 Å². The molecule has 6 heteroatoms. The van der Waals surface area contributed by atoms with Crippen LogP contribution in [0.3, 0.4) is 0 Å². The second-order valence-corrected chi connectivity index (χ2v) is 8.55. The monoisotopic (exact) mass is 387 g/mol. The zero-order valence-corrected chi connectivity index (χ0v) is 17.8. The molecule has 2 heterocycles. The highest BCUT2D eigenvalue weighted by atomic mass is 16.6. The number of carbonyl (C=O) groups excluding carboxylic acids is 1. The van der Waals surface area contributed by atoms with E-state index in [2.05, 4.69) is 28.9 Å². The number of hydrogen-bond acceptors (Lipinski definition) is 4. The van der Waals surface area contributed by atoms with Crippen LogP contribution in [0.5, 0.6) is 5.75 Å². The fourth-order valence-corrected chi connectivity index (χ4v) is 3.70. The summed E-state index contributed by atoms with van der Waals surface area (Å²) < 4.78 is 10.8. The topological polar surface area (TPSA) is 57.8 Å². The maximum atomic E-state index is 12.2. The number of methoxy groups -OCH3 is 1. The summed E-state index contributed by atoms with van der Waals surface area (Å²) in [5.74, 6) is 0.893. The molecule has 2 aromatic rings. The molecule has 0 atom stereocenters.